The van der Waals surface area contributed by atoms with E-state index in [4.69, 9.17) is 11.6 Å². The van der Waals surface area contributed by atoms with E-state index in [-0.39, 0.29) is 6.54 Å². The van der Waals surface area contributed by atoms with Gasteiger partial charge in [-0.05, 0) is 48.7 Å². The van der Waals surface area contributed by atoms with Crippen molar-refractivity contribution in [3.63, 3.8) is 0 Å². The van der Waals surface area contributed by atoms with Crippen LogP contribution < -0.4 is 4.31 Å². The van der Waals surface area contributed by atoms with E-state index >= 15 is 0 Å². The quantitative estimate of drug-likeness (QED) is 0.855. The summed E-state index contributed by atoms with van der Waals surface area (Å²) in [6, 6.07) is 13.0. The molecule has 2 aromatic rings. The van der Waals surface area contributed by atoms with Gasteiger partial charge in [-0.2, -0.15) is 0 Å². The summed E-state index contributed by atoms with van der Waals surface area (Å²) >= 11 is 5.98. The molecule has 0 unspecified atom stereocenters. The van der Waals surface area contributed by atoms with E-state index in [9.17, 15) is 8.42 Å². The molecule has 112 valence electrons. The summed E-state index contributed by atoms with van der Waals surface area (Å²) in [6.07, 6.45) is 1.22. The molecule has 2 aromatic carbocycles. The second kappa shape index (κ2) is 6.08. The number of rotatable bonds is 4. The van der Waals surface area contributed by atoms with Crippen molar-refractivity contribution < 1.29 is 8.42 Å². The van der Waals surface area contributed by atoms with E-state index in [1.54, 1.807) is 12.1 Å². The largest absolute Gasteiger partial charge is 0.266 e. The van der Waals surface area contributed by atoms with Gasteiger partial charge in [0.25, 0.3) is 0 Å². The minimum Gasteiger partial charge on any atom is -0.266 e. The highest BCUT2D eigenvalue weighted by Gasteiger charge is 2.19. The van der Waals surface area contributed by atoms with E-state index in [0.717, 1.165) is 16.7 Å². The summed E-state index contributed by atoms with van der Waals surface area (Å²) in [5.74, 6) is 0. The molecular formula is C16H18ClNO2S. The van der Waals surface area contributed by atoms with Gasteiger partial charge in [-0.25, -0.2) is 8.42 Å². The Hall–Kier alpha value is -1.52. The fraction of sp³-hybridized carbons (Fsp3) is 0.250. The Morgan fingerprint density at radius 3 is 2.43 bits per heavy atom. The average molecular weight is 324 g/mol. The second-order valence-corrected chi connectivity index (χ2v) is 7.53. The van der Waals surface area contributed by atoms with Crippen LogP contribution in [0.1, 0.15) is 16.7 Å². The molecule has 0 aliphatic heterocycles. The minimum absolute atomic E-state index is 0.268. The monoisotopic (exact) mass is 323 g/mol. The van der Waals surface area contributed by atoms with Crippen molar-refractivity contribution in [2.45, 2.75) is 20.4 Å². The van der Waals surface area contributed by atoms with Crippen molar-refractivity contribution in [2.75, 3.05) is 10.6 Å². The number of benzene rings is 2. The molecule has 0 aliphatic rings. The van der Waals surface area contributed by atoms with Crippen LogP contribution in [0, 0.1) is 13.8 Å². The lowest BCUT2D eigenvalue weighted by molar-refractivity contribution is 0.596. The average Bonchev–Trinajstić information content (AvgIpc) is 2.38. The van der Waals surface area contributed by atoms with Gasteiger partial charge in [0.05, 0.1) is 18.5 Å². The predicted molar refractivity (Wildman–Crippen MR) is 88.4 cm³/mol. The maximum atomic E-state index is 12.2. The van der Waals surface area contributed by atoms with Gasteiger partial charge in [0.15, 0.2) is 0 Å². The zero-order valence-electron chi connectivity index (χ0n) is 12.3. The van der Waals surface area contributed by atoms with Gasteiger partial charge >= 0.3 is 0 Å². The van der Waals surface area contributed by atoms with Crippen molar-refractivity contribution >= 4 is 27.3 Å². The van der Waals surface area contributed by atoms with Gasteiger partial charge in [-0.1, -0.05) is 35.9 Å². The third kappa shape index (κ3) is 3.99. The first-order valence-corrected chi connectivity index (χ1v) is 8.79. The third-order valence-electron chi connectivity index (χ3n) is 3.25. The van der Waals surface area contributed by atoms with E-state index < -0.39 is 10.0 Å². The van der Waals surface area contributed by atoms with Crippen LogP contribution in [0.4, 0.5) is 5.69 Å². The third-order valence-corrected chi connectivity index (χ3v) is 4.61. The van der Waals surface area contributed by atoms with Crippen LogP contribution in [0.5, 0.6) is 0 Å². The molecule has 0 atom stereocenters. The first-order chi connectivity index (χ1) is 9.77. The van der Waals surface area contributed by atoms with Gasteiger partial charge in [-0.15, -0.1) is 0 Å². The number of hydrogen-bond donors (Lipinski definition) is 0. The lowest BCUT2D eigenvalue weighted by atomic mass is 10.1. The standard InChI is InChI=1S/C16H18ClNO2S/c1-12-7-8-13(2)16(9-12)18(21(3,19)20)11-14-5-4-6-15(17)10-14/h4-10H,11H2,1-3H3. The van der Waals surface area contributed by atoms with E-state index in [1.807, 2.05) is 44.2 Å². The number of aryl methyl sites for hydroxylation is 2. The van der Waals surface area contributed by atoms with Crippen LogP contribution in [-0.2, 0) is 16.6 Å². The van der Waals surface area contributed by atoms with Crippen LogP contribution in [0.25, 0.3) is 0 Å². The molecule has 0 bridgehead atoms. The molecule has 0 amide bonds. The van der Waals surface area contributed by atoms with Gasteiger partial charge in [0.1, 0.15) is 0 Å². The molecule has 0 spiro atoms. The maximum absolute atomic E-state index is 12.2. The Bertz CT molecular complexity index is 757. The molecule has 0 fully saturated rings. The number of hydrogen-bond acceptors (Lipinski definition) is 2. The number of anilines is 1. The Morgan fingerprint density at radius 2 is 1.81 bits per heavy atom. The molecule has 21 heavy (non-hydrogen) atoms. The van der Waals surface area contributed by atoms with Gasteiger partial charge in [0.2, 0.25) is 10.0 Å². The Labute approximate surface area is 131 Å². The number of nitrogens with zero attached hydrogens (tertiary/aromatic N) is 1. The van der Waals surface area contributed by atoms with Gasteiger partial charge in [-0.3, -0.25) is 4.31 Å². The number of halogens is 1. The smallest absolute Gasteiger partial charge is 0.232 e. The van der Waals surface area contributed by atoms with E-state index in [1.165, 1.54) is 10.6 Å². The van der Waals surface area contributed by atoms with E-state index in [0.29, 0.717) is 10.7 Å². The zero-order valence-corrected chi connectivity index (χ0v) is 13.9. The van der Waals surface area contributed by atoms with Crippen LogP contribution >= 0.6 is 11.6 Å². The molecule has 0 aromatic heterocycles. The van der Waals surface area contributed by atoms with Crippen molar-refractivity contribution in [3.8, 4) is 0 Å². The highest BCUT2D eigenvalue weighted by Crippen LogP contribution is 2.26. The molecule has 0 saturated carbocycles. The molecule has 3 nitrogen and oxygen atoms in total. The van der Waals surface area contributed by atoms with Crippen LogP contribution in [-0.4, -0.2) is 14.7 Å². The summed E-state index contributed by atoms with van der Waals surface area (Å²) in [4.78, 5) is 0. The lowest BCUT2D eigenvalue weighted by Crippen LogP contribution is -2.30. The maximum Gasteiger partial charge on any atom is 0.232 e. The molecule has 0 heterocycles. The normalized spacial score (nSPS) is 11.4. The SMILES string of the molecule is Cc1ccc(C)c(N(Cc2cccc(Cl)c2)S(C)(=O)=O)c1. The summed E-state index contributed by atoms with van der Waals surface area (Å²) in [7, 11) is -3.38. The van der Waals surface area contributed by atoms with Gasteiger partial charge < -0.3 is 0 Å². The zero-order chi connectivity index (χ0) is 15.6. The lowest BCUT2D eigenvalue weighted by Gasteiger charge is -2.24. The van der Waals surface area contributed by atoms with Crippen molar-refractivity contribution in [3.05, 3.63) is 64.2 Å². The second-order valence-electron chi connectivity index (χ2n) is 5.19. The predicted octanol–water partition coefficient (Wildman–Crippen LogP) is 3.92. The van der Waals surface area contributed by atoms with Crippen molar-refractivity contribution in [1.82, 2.24) is 0 Å². The summed E-state index contributed by atoms with van der Waals surface area (Å²) in [5, 5.41) is 0.599. The molecule has 0 aliphatic carbocycles. The minimum atomic E-state index is -3.38. The highest BCUT2D eigenvalue weighted by molar-refractivity contribution is 7.92. The molecule has 5 heteroatoms. The van der Waals surface area contributed by atoms with Crippen LogP contribution in [0.2, 0.25) is 5.02 Å². The molecule has 2 rings (SSSR count). The Balaban J connectivity index is 2.47. The van der Waals surface area contributed by atoms with Gasteiger partial charge in [0, 0.05) is 5.02 Å². The molecule has 0 N–H and O–H groups in total. The summed E-state index contributed by atoms with van der Waals surface area (Å²) in [5.41, 5.74) is 3.51. The Kier molecular flexibility index (Phi) is 4.59. The fourth-order valence-corrected chi connectivity index (χ4v) is 3.32. The summed E-state index contributed by atoms with van der Waals surface area (Å²) in [6.45, 7) is 4.12. The van der Waals surface area contributed by atoms with Crippen LogP contribution in [0.3, 0.4) is 0 Å². The summed E-state index contributed by atoms with van der Waals surface area (Å²) < 4.78 is 25.8. The van der Waals surface area contributed by atoms with Crippen molar-refractivity contribution in [1.29, 1.82) is 0 Å². The fourth-order valence-electron chi connectivity index (χ4n) is 2.17. The van der Waals surface area contributed by atoms with Crippen LogP contribution in [0.15, 0.2) is 42.5 Å². The first kappa shape index (κ1) is 15.9. The molecule has 0 radical (unpaired) electrons. The highest BCUT2D eigenvalue weighted by atomic mass is 35.5. The Morgan fingerprint density at radius 1 is 1.10 bits per heavy atom. The van der Waals surface area contributed by atoms with Crippen molar-refractivity contribution in [2.24, 2.45) is 0 Å². The first-order valence-electron chi connectivity index (χ1n) is 6.57. The number of sulfonamides is 1. The van der Waals surface area contributed by atoms with E-state index in [2.05, 4.69) is 0 Å². The molecular weight excluding hydrogens is 306 g/mol. The molecule has 0 saturated heterocycles. The topological polar surface area (TPSA) is 37.4 Å².